The van der Waals surface area contributed by atoms with Crippen LogP contribution in [0.4, 0.5) is 0 Å². The van der Waals surface area contributed by atoms with Crippen LogP contribution >= 0.6 is 11.3 Å². The average Bonchev–Trinajstić information content (AvgIpc) is 3.20. The van der Waals surface area contributed by atoms with E-state index in [4.69, 9.17) is 0 Å². The van der Waals surface area contributed by atoms with Gasteiger partial charge in [-0.1, -0.05) is 18.9 Å². The summed E-state index contributed by atoms with van der Waals surface area (Å²) in [4.78, 5) is 45.3. The second kappa shape index (κ2) is 9.94. The summed E-state index contributed by atoms with van der Waals surface area (Å²) in [5.41, 5.74) is 0. The number of rotatable bonds is 3. The summed E-state index contributed by atoms with van der Waals surface area (Å²) in [7, 11) is 0. The third-order valence-electron chi connectivity index (χ3n) is 6.86. The summed E-state index contributed by atoms with van der Waals surface area (Å²) in [5.74, 6) is 0.467. The summed E-state index contributed by atoms with van der Waals surface area (Å²) < 4.78 is 0. The first-order valence-electron chi connectivity index (χ1n) is 11.5. The predicted octanol–water partition coefficient (Wildman–Crippen LogP) is 3.24. The van der Waals surface area contributed by atoms with Crippen molar-refractivity contribution in [3.63, 3.8) is 0 Å². The molecule has 3 aliphatic heterocycles. The second-order valence-corrected chi connectivity index (χ2v) is 9.85. The maximum absolute atomic E-state index is 13.1. The number of carbonyl (C=O) groups is 3. The van der Waals surface area contributed by atoms with Crippen LogP contribution in [0.3, 0.4) is 0 Å². The Bertz CT molecular complexity index is 735. The van der Waals surface area contributed by atoms with Crippen LogP contribution in [0, 0.1) is 11.8 Å². The van der Waals surface area contributed by atoms with Gasteiger partial charge in [0.15, 0.2) is 0 Å². The second-order valence-electron chi connectivity index (χ2n) is 8.91. The molecule has 1 unspecified atom stereocenters. The van der Waals surface area contributed by atoms with E-state index in [0.29, 0.717) is 25.5 Å². The van der Waals surface area contributed by atoms with Crippen molar-refractivity contribution in [3.05, 3.63) is 22.4 Å². The first-order valence-corrected chi connectivity index (χ1v) is 12.4. The van der Waals surface area contributed by atoms with E-state index in [2.05, 4.69) is 4.90 Å². The van der Waals surface area contributed by atoms with E-state index in [1.54, 1.807) is 0 Å². The normalized spacial score (nSPS) is 23.9. The van der Waals surface area contributed by atoms with Crippen LogP contribution < -0.4 is 0 Å². The zero-order chi connectivity index (χ0) is 20.9. The molecule has 3 aliphatic rings. The van der Waals surface area contributed by atoms with E-state index in [1.807, 2.05) is 27.3 Å². The first kappa shape index (κ1) is 21.3. The number of thiophene rings is 1. The highest BCUT2D eigenvalue weighted by atomic mass is 32.1. The van der Waals surface area contributed by atoms with Gasteiger partial charge in [0.05, 0.1) is 10.8 Å². The van der Waals surface area contributed by atoms with Crippen molar-refractivity contribution in [2.45, 2.75) is 51.4 Å². The van der Waals surface area contributed by atoms with Gasteiger partial charge >= 0.3 is 0 Å². The molecule has 164 valence electrons. The van der Waals surface area contributed by atoms with Gasteiger partial charge < -0.3 is 14.7 Å². The summed E-state index contributed by atoms with van der Waals surface area (Å²) in [5, 5.41) is 1.91. The number of likely N-dealkylation sites (tertiary alicyclic amines) is 3. The lowest BCUT2D eigenvalue weighted by Gasteiger charge is -2.38. The molecule has 0 bridgehead atoms. The molecule has 7 heteroatoms. The highest BCUT2D eigenvalue weighted by Crippen LogP contribution is 2.26. The summed E-state index contributed by atoms with van der Waals surface area (Å²) in [6.07, 6.45) is 7.94. The van der Waals surface area contributed by atoms with Gasteiger partial charge in [-0.15, -0.1) is 11.3 Å². The average molecular weight is 432 g/mol. The van der Waals surface area contributed by atoms with Crippen molar-refractivity contribution in [2.75, 3.05) is 39.3 Å². The van der Waals surface area contributed by atoms with E-state index in [-0.39, 0.29) is 23.7 Å². The lowest BCUT2D eigenvalue weighted by Crippen LogP contribution is -2.50. The molecule has 4 heterocycles. The molecule has 3 saturated heterocycles. The molecule has 1 aromatic rings. The lowest BCUT2D eigenvalue weighted by molar-refractivity contribution is -0.143. The molecule has 0 N–H and O–H groups in total. The van der Waals surface area contributed by atoms with E-state index >= 15 is 0 Å². The first-order chi connectivity index (χ1) is 14.6. The van der Waals surface area contributed by atoms with Gasteiger partial charge in [-0.05, 0) is 50.0 Å². The van der Waals surface area contributed by atoms with Crippen LogP contribution in [0.2, 0.25) is 0 Å². The van der Waals surface area contributed by atoms with Crippen LogP contribution in [-0.2, 0) is 9.59 Å². The van der Waals surface area contributed by atoms with Gasteiger partial charge in [0.25, 0.3) is 5.91 Å². The minimum absolute atomic E-state index is 0.0456. The smallest absolute Gasteiger partial charge is 0.263 e. The molecule has 6 nitrogen and oxygen atoms in total. The van der Waals surface area contributed by atoms with Gasteiger partial charge in [0, 0.05) is 45.2 Å². The molecule has 0 aromatic carbocycles. The number of hydrogen-bond donors (Lipinski definition) is 0. The number of carbonyl (C=O) groups excluding carboxylic acids is 3. The third kappa shape index (κ3) is 4.88. The van der Waals surface area contributed by atoms with Gasteiger partial charge in [0.1, 0.15) is 0 Å². The van der Waals surface area contributed by atoms with E-state index in [9.17, 15) is 14.4 Å². The quantitative estimate of drug-likeness (QED) is 0.738. The molecule has 4 rings (SSSR count). The van der Waals surface area contributed by atoms with Crippen LogP contribution in [0.15, 0.2) is 17.5 Å². The molecular weight excluding hydrogens is 398 g/mol. The molecule has 1 atom stereocenters. The highest BCUT2D eigenvalue weighted by molar-refractivity contribution is 7.12. The number of amides is 3. The molecular formula is C23H33N3O3S. The van der Waals surface area contributed by atoms with Crippen molar-refractivity contribution in [2.24, 2.45) is 11.8 Å². The van der Waals surface area contributed by atoms with Crippen molar-refractivity contribution < 1.29 is 14.4 Å². The summed E-state index contributed by atoms with van der Waals surface area (Å²) in [6.45, 7) is 4.37. The molecule has 3 fully saturated rings. The number of piperidine rings is 2. The minimum Gasteiger partial charge on any atom is -0.342 e. The van der Waals surface area contributed by atoms with Crippen LogP contribution in [0.1, 0.15) is 61.0 Å². The maximum Gasteiger partial charge on any atom is 0.263 e. The van der Waals surface area contributed by atoms with Crippen molar-refractivity contribution in [1.29, 1.82) is 0 Å². The molecule has 0 radical (unpaired) electrons. The number of hydrogen-bond acceptors (Lipinski definition) is 4. The fraction of sp³-hybridized carbons (Fsp3) is 0.696. The molecule has 0 aliphatic carbocycles. The number of nitrogens with zero attached hydrogens (tertiary/aromatic N) is 3. The van der Waals surface area contributed by atoms with Crippen molar-refractivity contribution in [1.82, 2.24) is 14.7 Å². The van der Waals surface area contributed by atoms with Crippen LogP contribution in [0.5, 0.6) is 0 Å². The Morgan fingerprint density at radius 2 is 1.37 bits per heavy atom. The van der Waals surface area contributed by atoms with Crippen LogP contribution in [-0.4, -0.2) is 71.7 Å². The van der Waals surface area contributed by atoms with Gasteiger partial charge in [-0.2, -0.15) is 0 Å². The van der Waals surface area contributed by atoms with E-state index in [1.165, 1.54) is 24.2 Å². The SMILES string of the molecule is O=C(c1cccs1)N1CCCC(C(=O)N2CCC(C(=O)N3CCCCCC3)CC2)C1. The Kier molecular flexibility index (Phi) is 7.08. The zero-order valence-corrected chi connectivity index (χ0v) is 18.6. The van der Waals surface area contributed by atoms with E-state index in [0.717, 1.165) is 63.0 Å². The predicted molar refractivity (Wildman–Crippen MR) is 117 cm³/mol. The standard InChI is InChI=1S/C23H33N3O3S/c27-21(24-11-3-1-2-4-12-24)18-9-14-25(15-10-18)22(28)19-7-5-13-26(17-19)23(29)20-8-6-16-30-20/h6,8,16,18-19H,1-5,7,9-15,17H2. The van der Waals surface area contributed by atoms with Gasteiger partial charge in [-0.25, -0.2) is 0 Å². The Morgan fingerprint density at radius 1 is 0.733 bits per heavy atom. The minimum atomic E-state index is -0.111. The van der Waals surface area contributed by atoms with Gasteiger partial charge in [-0.3, -0.25) is 14.4 Å². The lowest BCUT2D eigenvalue weighted by atomic mass is 9.92. The topological polar surface area (TPSA) is 60.9 Å². The van der Waals surface area contributed by atoms with E-state index < -0.39 is 0 Å². The Morgan fingerprint density at radius 3 is 2.03 bits per heavy atom. The monoisotopic (exact) mass is 431 g/mol. The molecule has 0 saturated carbocycles. The fourth-order valence-electron chi connectivity index (χ4n) is 5.07. The fourth-order valence-corrected chi connectivity index (χ4v) is 5.76. The van der Waals surface area contributed by atoms with Crippen molar-refractivity contribution in [3.8, 4) is 0 Å². The summed E-state index contributed by atoms with van der Waals surface area (Å²) in [6, 6.07) is 3.74. The molecule has 30 heavy (non-hydrogen) atoms. The largest absolute Gasteiger partial charge is 0.342 e. The summed E-state index contributed by atoms with van der Waals surface area (Å²) >= 11 is 1.46. The Hall–Kier alpha value is -1.89. The third-order valence-corrected chi connectivity index (χ3v) is 7.72. The maximum atomic E-state index is 13.1. The van der Waals surface area contributed by atoms with Gasteiger partial charge in [0.2, 0.25) is 11.8 Å². The molecule has 3 amide bonds. The van der Waals surface area contributed by atoms with Crippen LogP contribution in [0.25, 0.3) is 0 Å². The Labute approximate surface area is 183 Å². The zero-order valence-electron chi connectivity index (χ0n) is 17.8. The van der Waals surface area contributed by atoms with Crippen molar-refractivity contribution >= 4 is 29.1 Å². The highest BCUT2D eigenvalue weighted by Gasteiger charge is 2.35. The molecule has 1 aromatic heterocycles. The Balaban J connectivity index is 1.28. The molecule has 0 spiro atoms.